The van der Waals surface area contributed by atoms with Gasteiger partial charge in [-0.15, -0.1) is 0 Å². The smallest absolute Gasteiger partial charge is 0.229 e. The molecule has 3 rings (SSSR count). The van der Waals surface area contributed by atoms with Crippen LogP contribution in [0.5, 0.6) is 5.75 Å². The fourth-order valence-electron chi connectivity index (χ4n) is 2.99. The summed E-state index contributed by atoms with van der Waals surface area (Å²) in [6.07, 6.45) is 0.193. The molecule has 1 fully saturated rings. The van der Waals surface area contributed by atoms with Crippen molar-refractivity contribution in [3.05, 3.63) is 53.1 Å². The van der Waals surface area contributed by atoms with E-state index < -0.39 is 5.92 Å². The molecule has 0 radical (unpaired) electrons. The third-order valence-corrected chi connectivity index (χ3v) is 4.65. The Morgan fingerprint density at radius 1 is 1.27 bits per heavy atom. The maximum Gasteiger partial charge on any atom is 0.229 e. The van der Waals surface area contributed by atoms with E-state index in [1.54, 1.807) is 17.0 Å². The van der Waals surface area contributed by atoms with E-state index in [-0.39, 0.29) is 18.2 Å². The number of hydrogen-bond donors (Lipinski definition) is 1. The summed E-state index contributed by atoms with van der Waals surface area (Å²) in [6, 6.07) is 12.7. The van der Waals surface area contributed by atoms with Crippen molar-refractivity contribution < 1.29 is 14.3 Å². The van der Waals surface area contributed by atoms with Gasteiger partial charge in [-0.3, -0.25) is 9.59 Å². The standard InChI is InChI=1S/C20H21ClN2O3/c1-3-26-17-8-6-16(7-9-17)23-12-14(10-19(23)24)20(25)22-18-11-15(21)5-4-13(18)2/h4-9,11,14H,3,10,12H2,1-2H3,(H,22,25)/t14-/m1/s1. The maximum atomic E-state index is 12.6. The number of ether oxygens (including phenoxy) is 1. The first-order chi connectivity index (χ1) is 12.5. The van der Waals surface area contributed by atoms with E-state index in [1.807, 2.05) is 44.2 Å². The lowest BCUT2D eigenvalue weighted by Gasteiger charge is -2.17. The monoisotopic (exact) mass is 372 g/mol. The normalized spacial score (nSPS) is 16.7. The first-order valence-corrected chi connectivity index (χ1v) is 8.96. The molecule has 0 saturated carbocycles. The quantitative estimate of drug-likeness (QED) is 0.861. The Labute approximate surface area is 157 Å². The van der Waals surface area contributed by atoms with Crippen LogP contribution in [0.4, 0.5) is 11.4 Å². The van der Waals surface area contributed by atoms with Gasteiger partial charge in [0, 0.05) is 29.4 Å². The minimum atomic E-state index is -0.396. The second kappa shape index (κ2) is 7.79. The van der Waals surface area contributed by atoms with Gasteiger partial charge >= 0.3 is 0 Å². The second-order valence-electron chi connectivity index (χ2n) is 6.28. The highest BCUT2D eigenvalue weighted by Gasteiger charge is 2.35. The molecular formula is C20H21ClN2O3. The predicted molar refractivity (Wildman–Crippen MR) is 103 cm³/mol. The van der Waals surface area contributed by atoms with Gasteiger partial charge in [0.15, 0.2) is 0 Å². The van der Waals surface area contributed by atoms with Gasteiger partial charge in [0.2, 0.25) is 11.8 Å². The van der Waals surface area contributed by atoms with E-state index in [0.29, 0.717) is 23.9 Å². The second-order valence-corrected chi connectivity index (χ2v) is 6.72. The highest BCUT2D eigenvalue weighted by atomic mass is 35.5. The molecule has 2 aromatic rings. The van der Waals surface area contributed by atoms with Crippen LogP contribution in [0.1, 0.15) is 18.9 Å². The van der Waals surface area contributed by atoms with Gasteiger partial charge in [-0.1, -0.05) is 17.7 Å². The fourth-order valence-corrected chi connectivity index (χ4v) is 3.16. The van der Waals surface area contributed by atoms with Crippen LogP contribution < -0.4 is 15.0 Å². The molecule has 5 nitrogen and oxygen atoms in total. The predicted octanol–water partition coefficient (Wildman–Crippen LogP) is 4.04. The van der Waals surface area contributed by atoms with E-state index in [9.17, 15) is 9.59 Å². The summed E-state index contributed by atoms with van der Waals surface area (Å²) in [4.78, 5) is 26.6. The molecule has 0 aromatic heterocycles. The van der Waals surface area contributed by atoms with Gasteiger partial charge in [-0.2, -0.15) is 0 Å². The highest BCUT2D eigenvalue weighted by Crippen LogP contribution is 2.28. The van der Waals surface area contributed by atoms with Crippen LogP contribution in [0, 0.1) is 12.8 Å². The zero-order valence-electron chi connectivity index (χ0n) is 14.8. The number of nitrogens with zero attached hydrogens (tertiary/aromatic N) is 1. The molecule has 0 aliphatic carbocycles. The summed E-state index contributed by atoms with van der Waals surface area (Å²) in [6.45, 7) is 4.77. The molecule has 1 N–H and O–H groups in total. The summed E-state index contributed by atoms with van der Waals surface area (Å²) in [5, 5.41) is 3.45. The maximum absolute atomic E-state index is 12.6. The minimum absolute atomic E-state index is 0.0582. The Hall–Kier alpha value is -2.53. The van der Waals surface area contributed by atoms with Crippen molar-refractivity contribution in [3.63, 3.8) is 0 Å². The summed E-state index contributed by atoms with van der Waals surface area (Å²) in [7, 11) is 0. The van der Waals surface area contributed by atoms with E-state index in [0.717, 1.165) is 17.0 Å². The van der Waals surface area contributed by atoms with Crippen molar-refractivity contribution in [2.45, 2.75) is 20.3 Å². The Morgan fingerprint density at radius 3 is 2.69 bits per heavy atom. The lowest BCUT2D eigenvalue weighted by Crippen LogP contribution is -2.28. The summed E-state index contributed by atoms with van der Waals surface area (Å²) in [5.41, 5.74) is 2.37. The first kappa shape index (κ1) is 18.3. The minimum Gasteiger partial charge on any atom is -0.494 e. The molecule has 1 heterocycles. The molecule has 0 bridgehead atoms. The molecule has 1 atom stereocenters. The van der Waals surface area contributed by atoms with Crippen LogP contribution in [0.25, 0.3) is 0 Å². The fraction of sp³-hybridized carbons (Fsp3) is 0.300. The molecule has 0 unspecified atom stereocenters. The molecule has 0 spiro atoms. The van der Waals surface area contributed by atoms with Crippen LogP contribution in [0.3, 0.4) is 0 Å². The van der Waals surface area contributed by atoms with Crippen molar-refractivity contribution in [1.82, 2.24) is 0 Å². The molecule has 2 aromatic carbocycles. The number of carbonyl (C=O) groups excluding carboxylic acids is 2. The number of benzene rings is 2. The van der Waals surface area contributed by atoms with Crippen molar-refractivity contribution in [1.29, 1.82) is 0 Å². The number of carbonyl (C=O) groups is 2. The molecule has 136 valence electrons. The number of halogens is 1. The average Bonchev–Trinajstić information content (AvgIpc) is 3.01. The Morgan fingerprint density at radius 2 is 2.00 bits per heavy atom. The van der Waals surface area contributed by atoms with Gasteiger partial charge in [0.05, 0.1) is 12.5 Å². The summed E-state index contributed by atoms with van der Waals surface area (Å²) in [5.74, 6) is 0.135. The van der Waals surface area contributed by atoms with Gasteiger partial charge in [0.1, 0.15) is 5.75 Å². The van der Waals surface area contributed by atoms with Crippen LogP contribution in [0.2, 0.25) is 5.02 Å². The lowest BCUT2D eigenvalue weighted by atomic mass is 10.1. The van der Waals surface area contributed by atoms with Gasteiger partial charge in [-0.05, 0) is 55.8 Å². The van der Waals surface area contributed by atoms with E-state index >= 15 is 0 Å². The summed E-state index contributed by atoms with van der Waals surface area (Å²) < 4.78 is 5.42. The van der Waals surface area contributed by atoms with Crippen LogP contribution >= 0.6 is 11.6 Å². The lowest BCUT2D eigenvalue weighted by molar-refractivity contribution is -0.122. The molecule has 1 saturated heterocycles. The third-order valence-electron chi connectivity index (χ3n) is 4.41. The SMILES string of the molecule is CCOc1ccc(N2C[C@H](C(=O)Nc3cc(Cl)ccc3C)CC2=O)cc1. The van der Waals surface area contributed by atoms with Crippen LogP contribution in [0.15, 0.2) is 42.5 Å². The zero-order valence-corrected chi connectivity index (χ0v) is 15.5. The van der Waals surface area contributed by atoms with Crippen LogP contribution in [-0.4, -0.2) is 25.0 Å². The molecular weight excluding hydrogens is 352 g/mol. The highest BCUT2D eigenvalue weighted by molar-refractivity contribution is 6.31. The Kier molecular flexibility index (Phi) is 5.47. The van der Waals surface area contributed by atoms with Crippen molar-refractivity contribution in [2.75, 3.05) is 23.4 Å². The largest absolute Gasteiger partial charge is 0.494 e. The van der Waals surface area contributed by atoms with Crippen LogP contribution in [-0.2, 0) is 9.59 Å². The molecule has 6 heteroatoms. The number of rotatable bonds is 5. The number of aryl methyl sites for hydroxylation is 1. The molecule has 2 amide bonds. The Bertz CT molecular complexity index is 820. The zero-order chi connectivity index (χ0) is 18.7. The third kappa shape index (κ3) is 3.99. The molecule has 1 aliphatic rings. The van der Waals surface area contributed by atoms with Gasteiger partial charge in [-0.25, -0.2) is 0 Å². The topological polar surface area (TPSA) is 58.6 Å². The molecule has 26 heavy (non-hydrogen) atoms. The van der Waals surface area contributed by atoms with E-state index in [1.165, 1.54) is 0 Å². The number of anilines is 2. The van der Waals surface area contributed by atoms with Crippen molar-refractivity contribution in [3.8, 4) is 5.75 Å². The van der Waals surface area contributed by atoms with E-state index in [4.69, 9.17) is 16.3 Å². The van der Waals surface area contributed by atoms with E-state index in [2.05, 4.69) is 5.32 Å². The number of hydrogen-bond acceptors (Lipinski definition) is 3. The van der Waals surface area contributed by atoms with Gasteiger partial charge in [0.25, 0.3) is 0 Å². The number of nitrogens with one attached hydrogen (secondary N) is 1. The van der Waals surface area contributed by atoms with Crippen molar-refractivity contribution in [2.24, 2.45) is 5.92 Å². The summed E-state index contributed by atoms with van der Waals surface area (Å²) >= 11 is 6.00. The van der Waals surface area contributed by atoms with Crippen molar-refractivity contribution >= 4 is 34.8 Å². The first-order valence-electron chi connectivity index (χ1n) is 8.58. The Balaban J connectivity index is 1.68. The number of amides is 2. The average molecular weight is 373 g/mol. The molecule has 1 aliphatic heterocycles. The van der Waals surface area contributed by atoms with Gasteiger partial charge < -0.3 is 15.0 Å².